The number of hydrogen-bond acceptors (Lipinski definition) is 9. The highest BCUT2D eigenvalue weighted by Gasteiger charge is 2.60. The van der Waals surface area contributed by atoms with E-state index in [1.165, 1.54) is 6.07 Å². The van der Waals surface area contributed by atoms with Gasteiger partial charge in [-0.25, -0.2) is 0 Å². The van der Waals surface area contributed by atoms with Crippen LogP contribution in [0.5, 0.6) is 5.75 Å². The Balaban J connectivity index is 1.50. The number of ketones is 2. The molecule has 0 aliphatic heterocycles. The quantitative estimate of drug-likeness (QED) is 0.232. The van der Waals surface area contributed by atoms with Gasteiger partial charge in [-0.05, 0) is 74.8 Å². The molecule has 3 aliphatic rings. The molecule has 5 rings (SSSR count). The number of nitrogens with two attached hydrogens (primary N) is 1. The Bertz CT molecular complexity index is 1680. The summed E-state index contributed by atoms with van der Waals surface area (Å²) in [5, 5.41) is 46.7. The molecule has 11 heteroatoms. The van der Waals surface area contributed by atoms with E-state index in [1.54, 1.807) is 49.3 Å². The zero-order chi connectivity index (χ0) is 30.5. The fraction of sp³-hybridized carbons (Fsp3) is 0.290. The summed E-state index contributed by atoms with van der Waals surface area (Å²) in [6.07, 6.45) is -0.198. The molecule has 216 valence electrons. The zero-order valence-electron chi connectivity index (χ0n) is 22.9. The first kappa shape index (κ1) is 28.6. The second-order valence-corrected chi connectivity index (χ2v) is 11.0. The van der Waals surface area contributed by atoms with E-state index in [0.717, 1.165) is 0 Å². The molecule has 0 saturated heterocycles. The van der Waals surface area contributed by atoms with E-state index < -0.39 is 52.0 Å². The normalized spacial score (nSPS) is 23.0. The summed E-state index contributed by atoms with van der Waals surface area (Å²) in [6, 6.07) is 9.84. The minimum absolute atomic E-state index is 0.0205. The summed E-state index contributed by atoms with van der Waals surface area (Å²) >= 11 is 0. The number of carbonyl (C=O) groups is 4. The van der Waals surface area contributed by atoms with Crippen LogP contribution in [0.2, 0.25) is 0 Å². The molecule has 0 radical (unpaired) electrons. The van der Waals surface area contributed by atoms with Crippen LogP contribution in [0.1, 0.15) is 35.1 Å². The highest BCUT2D eigenvalue weighted by molar-refractivity contribution is 6.22. The fourth-order valence-corrected chi connectivity index (χ4v) is 6.00. The van der Waals surface area contributed by atoms with E-state index in [2.05, 4.69) is 17.2 Å². The fourth-order valence-electron chi connectivity index (χ4n) is 6.00. The lowest BCUT2D eigenvalue weighted by atomic mass is 9.59. The van der Waals surface area contributed by atoms with Crippen molar-refractivity contribution in [3.8, 4) is 17.6 Å². The Morgan fingerprint density at radius 1 is 1.05 bits per heavy atom. The molecule has 3 aliphatic carbocycles. The highest BCUT2D eigenvalue weighted by atomic mass is 16.3. The summed E-state index contributed by atoms with van der Waals surface area (Å²) in [6.45, 7) is 0.242. The van der Waals surface area contributed by atoms with Crippen LogP contribution < -0.4 is 11.1 Å². The van der Waals surface area contributed by atoms with Gasteiger partial charge in [-0.2, -0.15) is 0 Å². The Morgan fingerprint density at radius 2 is 1.74 bits per heavy atom. The molecule has 1 saturated carbocycles. The second kappa shape index (κ2) is 10.5. The Morgan fingerprint density at radius 3 is 2.38 bits per heavy atom. The van der Waals surface area contributed by atoms with Crippen LogP contribution >= 0.6 is 0 Å². The van der Waals surface area contributed by atoms with Gasteiger partial charge in [0.05, 0.1) is 12.1 Å². The predicted molar refractivity (Wildman–Crippen MR) is 151 cm³/mol. The van der Waals surface area contributed by atoms with Crippen LogP contribution in [0.15, 0.2) is 53.3 Å². The molecule has 2 aromatic rings. The number of amides is 2. The molecule has 11 nitrogen and oxygen atoms in total. The predicted octanol–water partition coefficient (Wildman–Crippen LogP) is 1.32. The number of anilines is 1. The number of rotatable bonds is 4. The van der Waals surface area contributed by atoms with Gasteiger partial charge in [-0.15, -0.1) is 0 Å². The number of hydrogen-bond donors (Lipinski definition) is 6. The lowest BCUT2D eigenvalue weighted by molar-refractivity contribution is -0.147. The molecule has 2 aromatic carbocycles. The largest absolute Gasteiger partial charge is 0.508 e. The number of aliphatic hydroxyl groups is 3. The van der Waals surface area contributed by atoms with Crippen LogP contribution in [0.4, 0.5) is 5.69 Å². The summed E-state index contributed by atoms with van der Waals surface area (Å²) in [7, 11) is 3.59. The summed E-state index contributed by atoms with van der Waals surface area (Å²) in [4.78, 5) is 51.7. The number of Topliss-reactive ketones (excluding diaryl/α,β-unsaturated/α-hetero) is 2. The van der Waals surface area contributed by atoms with Crippen LogP contribution in [0, 0.1) is 23.7 Å². The molecule has 3 atom stereocenters. The summed E-state index contributed by atoms with van der Waals surface area (Å²) in [5.41, 5.74) is 3.78. The van der Waals surface area contributed by atoms with Crippen molar-refractivity contribution in [1.82, 2.24) is 4.90 Å². The van der Waals surface area contributed by atoms with E-state index in [0.29, 0.717) is 22.4 Å². The van der Waals surface area contributed by atoms with E-state index in [9.17, 15) is 39.6 Å². The van der Waals surface area contributed by atoms with Crippen molar-refractivity contribution in [3.05, 3.63) is 75.6 Å². The lowest BCUT2D eigenvalue weighted by Gasteiger charge is -2.46. The first-order valence-corrected chi connectivity index (χ1v) is 13.2. The van der Waals surface area contributed by atoms with E-state index >= 15 is 0 Å². The van der Waals surface area contributed by atoms with Gasteiger partial charge in [0.15, 0.2) is 11.4 Å². The van der Waals surface area contributed by atoms with Gasteiger partial charge in [0.2, 0.25) is 11.7 Å². The molecule has 0 aromatic heterocycles. The van der Waals surface area contributed by atoms with Gasteiger partial charge in [0, 0.05) is 34.7 Å². The molecule has 0 spiro atoms. The van der Waals surface area contributed by atoms with Crippen molar-refractivity contribution in [2.75, 3.05) is 26.0 Å². The molecule has 3 unspecified atom stereocenters. The molecular formula is C31H29N3O8. The first-order valence-electron chi connectivity index (χ1n) is 13.2. The number of aromatic hydroxyl groups is 1. The van der Waals surface area contributed by atoms with Gasteiger partial charge >= 0.3 is 0 Å². The maximum absolute atomic E-state index is 13.6. The first-order chi connectivity index (χ1) is 19.8. The maximum atomic E-state index is 13.6. The smallest absolute Gasteiger partial charge is 0.255 e. The van der Waals surface area contributed by atoms with E-state index in [-0.39, 0.29) is 48.6 Å². The minimum Gasteiger partial charge on any atom is -0.508 e. The lowest BCUT2D eigenvalue weighted by Crippen LogP contribution is -2.58. The zero-order valence-corrected chi connectivity index (χ0v) is 22.9. The minimum atomic E-state index is -2.61. The van der Waals surface area contributed by atoms with Gasteiger partial charge < -0.3 is 36.4 Å². The average molecular weight is 572 g/mol. The van der Waals surface area contributed by atoms with Gasteiger partial charge in [0.1, 0.15) is 22.8 Å². The number of likely N-dealkylation sites (N-methyl/N-ethyl adjacent to an activating group) is 1. The number of phenolic OH excluding ortho intramolecular Hbond substituents is 1. The number of benzene rings is 2. The topological polar surface area (TPSA) is 190 Å². The number of nitrogens with one attached hydrogen (secondary N) is 1. The second-order valence-electron chi connectivity index (χ2n) is 11.0. The van der Waals surface area contributed by atoms with Crippen molar-refractivity contribution in [2.24, 2.45) is 17.6 Å². The van der Waals surface area contributed by atoms with Crippen molar-refractivity contribution in [1.29, 1.82) is 0 Å². The number of carbonyl (C=O) groups excluding carboxylic acids is 4. The summed E-state index contributed by atoms with van der Waals surface area (Å²) < 4.78 is 0. The summed E-state index contributed by atoms with van der Waals surface area (Å²) in [5.74, 6) is -0.859. The number of aliphatic hydroxyl groups excluding tert-OH is 2. The number of primary amides is 1. The van der Waals surface area contributed by atoms with Crippen molar-refractivity contribution in [3.63, 3.8) is 0 Å². The standard InChI is InChI=1S/C31H29N3O8/c1-34(2)14-23(37)33-19-8-4-15(5-9-19)3-6-16-7-10-21(35)25-20(16)12-17-11-18-13-22(36)26(30(32)41)29(40)31(18,42)28(39)24(17)27(25)38/h4-5,7-10,17-18,35,38,40,42H,11-14H2,1-2H3,(H2,32,41)(H,33,37). The molecule has 2 amide bonds. The van der Waals surface area contributed by atoms with Crippen molar-refractivity contribution in [2.45, 2.75) is 24.9 Å². The number of fused-ring (bicyclic) bond motifs is 3. The van der Waals surface area contributed by atoms with Crippen LogP contribution in [-0.4, -0.2) is 74.9 Å². The van der Waals surface area contributed by atoms with Crippen molar-refractivity contribution < 1.29 is 39.6 Å². The SMILES string of the molecule is CN(C)CC(=O)Nc1ccc(C#Cc2ccc(O)c3c2CC2CC4CC(=O)C(C(N)=O)=C(O)C4(O)C(=O)C2=C3O)cc1. The molecular weight excluding hydrogens is 542 g/mol. The van der Waals surface area contributed by atoms with Crippen LogP contribution in [0.25, 0.3) is 5.76 Å². The Hall–Kier alpha value is -4.92. The number of phenols is 1. The van der Waals surface area contributed by atoms with E-state index in [1.807, 2.05) is 0 Å². The Labute approximate surface area is 240 Å². The molecule has 1 fully saturated rings. The monoisotopic (exact) mass is 571 g/mol. The van der Waals surface area contributed by atoms with E-state index in [4.69, 9.17) is 5.73 Å². The molecule has 0 bridgehead atoms. The third kappa shape index (κ3) is 4.70. The Kier molecular flexibility index (Phi) is 7.14. The van der Waals surface area contributed by atoms with Crippen LogP contribution in [0.3, 0.4) is 0 Å². The van der Waals surface area contributed by atoms with Gasteiger partial charge in [-0.3, -0.25) is 19.2 Å². The van der Waals surface area contributed by atoms with Gasteiger partial charge in [-0.1, -0.05) is 11.8 Å². The van der Waals surface area contributed by atoms with Gasteiger partial charge in [0.25, 0.3) is 5.91 Å². The average Bonchev–Trinajstić information content (AvgIpc) is 2.90. The molecule has 42 heavy (non-hydrogen) atoms. The van der Waals surface area contributed by atoms with Crippen LogP contribution in [-0.2, 0) is 25.6 Å². The molecule has 0 heterocycles. The third-order valence-electron chi connectivity index (χ3n) is 7.92. The maximum Gasteiger partial charge on any atom is 0.255 e. The van der Waals surface area contributed by atoms with Crippen molar-refractivity contribution >= 4 is 34.8 Å². The number of nitrogens with zero attached hydrogens (tertiary/aromatic N) is 1. The highest BCUT2D eigenvalue weighted by Crippen LogP contribution is 2.52. The molecule has 7 N–H and O–H groups in total. The third-order valence-corrected chi connectivity index (χ3v) is 7.92.